The summed E-state index contributed by atoms with van der Waals surface area (Å²) >= 11 is 1.30. The van der Waals surface area contributed by atoms with Gasteiger partial charge in [0.05, 0.1) is 5.56 Å². The zero-order valence-electron chi connectivity index (χ0n) is 12.6. The SMILES string of the molecule is CCC(C)CN(C)C(=O)Nc1sc(C)c(C)c1C(=O)O. The van der Waals surface area contributed by atoms with Crippen molar-refractivity contribution in [3.63, 3.8) is 0 Å². The van der Waals surface area contributed by atoms with Crippen LogP contribution in [-0.4, -0.2) is 35.6 Å². The first-order chi connectivity index (χ1) is 9.27. The van der Waals surface area contributed by atoms with E-state index >= 15 is 0 Å². The third-order valence-electron chi connectivity index (χ3n) is 3.45. The number of hydrogen-bond acceptors (Lipinski definition) is 3. The Labute approximate surface area is 123 Å². The number of carbonyl (C=O) groups excluding carboxylic acids is 1. The van der Waals surface area contributed by atoms with Gasteiger partial charge in [-0.2, -0.15) is 0 Å². The molecule has 0 radical (unpaired) electrons. The number of aryl methyl sites for hydroxylation is 1. The van der Waals surface area contributed by atoms with Gasteiger partial charge in [0, 0.05) is 18.5 Å². The number of carboxylic acids is 1. The molecule has 1 rings (SSSR count). The van der Waals surface area contributed by atoms with Crippen LogP contribution < -0.4 is 5.32 Å². The molecule has 0 aliphatic carbocycles. The van der Waals surface area contributed by atoms with Crippen molar-refractivity contribution in [3.8, 4) is 0 Å². The van der Waals surface area contributed by atoms with Crippen molar-refractivity contribution in [1.82, 2.24) is 4.90 Å². The normalized spacial score (nSPS) is 12.1. The summed E-state index contributed by atoms with van der Waals surface area (Å²) in [5.41, 5.74) is 0.903. The Morgan fingerprint density at radius 2 is 2.00 bits per heavy atom. The molecule has 6 heteroatoms. The molecule has 20 heavy (non-hydrogen) atoms. The fraction of sp³-hybridized carbons (Fsp3) is 0.571. The summed E-state index contributed by atoms with van der Waals surface area (Å²) in [7, 11) is 1.72. The van der Waals surface area contributed by atoms with E-state index in [0.29, 0.717) is 23.0 Å². The lowest BCUT2D eigenvalue weighted by molar-refractivity contribution is 0.0697. The topological polar surface area (TPSA) is 69.6 Å². The standard InChI is InChI=1S/C14H22N2O3S/c1-6-8(2)7-16(5)14(19)15-12-11(13(17)18)9(3)10(4)20-12/h8H,6-7H2,1-5H3,(H,15,19)(H,17,18). The van der Waals surface area contributed by atoms with E-state index in [0.717, 1.165) is 11.3 Å². The van der Waals surface area contributed by atoms with E-state index in [2.05, 4.69) is 19.2 Å². The van der Waals surface area contributed by atoms with Gasteiger partial charge in [-0.15, -0.1) is 11.3 Å². The van der Waals surface area contributed by atoms with Gasteiger partial charge in [0.1, 0.15) is 5.00 Å². The quantitative estimate of drug-likeness (QED) is 0.873. The Bertz CT molecular complexity index is 511. The number of aromatic carboxylic acids is 1. The second-order valence-corrected chi connectivity index (χ2v) is 6.34. The molecule has 112 valence electrons. The Hall–Kier alpha value is -1.56. The molecule has 0 aliphatic rings. The van der Waals surface area contributed by atoms with Crippen LogP contribution in [-0.2, 0) is 0 Å². The molecular weight excluding hydrogens is 276 g/mol. The number of carbonyl (C=O) groups is 2. The van der Waals surface area contributed by atoms with Gasteiger partial charge >= 0.3 is 12.0 Å². The van der Waals surface area contributed by atoms with Crippen molar-refractivity contribution < 1.29 is 14.7 Å². The van der Waals surface area contributed by atoms with Gasteiger partial charge < -0.3 is 10.0 Å². The molecule has 1 heterocycles. The monoisotopic (exact) mass is 298 g/mol. The van der Waals surface area contributed by atoms with Crippen molar-refractivity contribution >= 4 is 28.3 Å². The van der Waals surface area contributed by atoms with Crippen LogP contribution in [0.3, 0.4) is 0 Å². The second-order valence-electron chi connectivity index (χ2n) is 5.12. The van der Waals surface area contributed by atoms with Crippen LogP contribution in [0.2, 0.25) is 0 Å². The Balaban J connectivity index is 2.86. The summed E-state index contributed by atoms with van der Waals surface area (Å²) in [4.78, 5) is 25.9. The molecule has 0 fully saturated rings. The van der Waals surface area contributed by atoms with Gasteiger partial charge in [0.15, 0.2) is 0 Å². The Morgan fingerprint density at radius 1 is 1.40 bits per heavy atom. The van der Waals surface area contributed by atoms with E-state index in [1.54, 1.807) is 18.9 Å². The average Bonchev–Trinajstić information content (AvgIpc) is 2.64. The van der Waals surface area contributed by atoms with Gasteiger partial charge in [0.2, 0.25) is 0 Å². The molecule has 0 aliphatic heterocycles. The maximum atomic E-state index is 12.1. The zero-order valence-corrected chi connectivity index (χ0v) is 13.4. The number of nitrogens with zero attached hydrogens (tertiary/aromatic N) is 1. The molecular formula is C14H22N2O3S. The van der Waals surface area contributed by atoms with Crippen molar-refractivity contribution in [1.29, 1.82) is 0 Å². The van der Waals surface area contributed by atoms with Gasteiger partial charge in [-0.1, -0.05) is 20.3 Å². The predicted octanol–water partition coefficient (Wildman–Crippen LogP) is 3.57. The predicted molar refractivity (Wildman–Crippen MR) is 81.9 cm³/mol. The summed E-state index contributed by atoms with van der Waals surface area (Å²) < 4.78 is 0. The highest BCUT2D eigenvalue weighted by molar-refractivity contribution is 7.16. The summed E-state index contributed by atoms with van der Waals surface area (Å²) in [6, 6.07) is -0.269. The third-order valence-corrected chi connectivity index (χ3v) is 4.57. The van der Waals surface area contributed by atoms with Crippen LogP contribution in [0, 0.1) is 19.8 Å². The summed E-state index contributed by atoms with van der Waals surface area (Å²) in [6.07, 6.45) is 0.995. The number of amides is 2. The number of anilines is 1. The lowest BCUT2D eigenvalue weighted by atomic mass is 10.1. The Morgan fingerprint density at radius 3 is 2.50 bits per heavy atom. The van der Waals surface area contributed by atoms with Crippen LogP contribution in [0.15, 0.2) is 0 Å². The number of carboxylic acid groups (broad SMARTS) is 1. The number of thiophene rings is 1. The largest absolute Gasteiger partial charge is 0.478 e. The van der Waals surface area contributed by atoms with Gasteiger partial charge in [-0.25, -0.2) is 9.59 Å². The molecule has 2 amide bonds. The first-order valence-corrected chi connectivity index (χ1v) is 7.44. The molecule has 0 saturated heterocycles. The lowest BCUT2D eigenvalue weighted by Gasteiger charge is -2.21. The number of hydrogen-bond donors (Lipinski definition) is 2. The third kappa shape index (κ3) is 3.72. The minimum absolute atomic E-state index is 0.192. The minimum atomic E-state index is -1.01. The summed E-state index contributed by atoms with van der Waals surface area (Å²) in [5, 5.41) is 12.4. The van der Waals surface area contributed by atoms with Gasteiger partial charge in [0.25, 0.3) is 0 Å². The highest BCUT2D eigenvalue weighted by atomic mass is 32.1. The van der Waals surface area contributed by atoms with E-state index in [-0.39, 0.29) is 11.6 Å². The highest BCUT2D eigenvalue weighted by Gasteiger charge is 2.21. The second kappa shape index (κ2) is 6.74. The van der Waals surface area contributed by atoms with Crippen molar-refractivity contribution in [3.05, 3.63) is 16.0 Å². The lowest BCUT2D eigenvalue weighted by Crippen LogP contribution is -2.34. The van der Waals surface area contributed by atoms with Crippen LogP contribution in [0.1, 0.15) is 41.1 Å². The molecule has 1 unspecified atom stereocenters. The van der Waals surface area contributed by atoms with Crippen molar-refractivity contribution in [2.75, 3.05) is 18.9 Å². The Kier molecular flexibility index (Phi) is 5.56. The summed E-state index contributed by atoms with van der Waals surface area (Å²) in [6.45, 7) is 8.41. The van der Waals surface area contributed by atoms with Crippen LogP contribution in [0.4, 0.5) is 9.80 Å². The molecule has 0 bridgehead atoms. The van der Waals surface area contributed by atoms with Crippen molar-refractivity contribution in [2.45, 2.75) is 34.1 Å². The van der Waals surface area contributed by atoms with Crippen molar-refractivity contribution in [2.24, 2.45) is 5.92 Å². The first-order valence-electron chi connectivity index (χ1n) is 6.63. The van der Waals surface area contributed by atoms with E-state index in [1.807, 2.05) is 6.92 Å². The van der Waals surface area contributed by atoms with E-state index < -0.39 is 5.97 Å². The summed E-state index contributed by atoms with van der Waals surface area (Å²) in [5.74, 6) is -0.594. The fourth-order valence-electron chi connectivity index (χ4n) is 1.84. The number of urea groups is 1. The molecule has 0 spiro atoms. The molecule has 0 saturated carbocycles. The highest BCUT2D eigenvalue weighted by Crippen LogP contribution is 2.32. The zero-order chi connectivity index (χ0) is 15.4. The molecule has 1 atom stereocenters. The van der Waals surface area contributed by atoms with Crippen LogP contribution in [0.5, 0.6) is 0 Å². The van der Waals surface area contributed by atoms with Gasteiger partial charge in [-0.3, -0.25) is 5.32 Å². The maximum absolute atomic E-state index is 12.1. The fourth-order valence-corrected chi connectivity index (χ4v) is 2.89. The minimum Gasteiger partial charge on any atom is -0.478 e. The first kappa shape index (κ1) is 16.5. The molecule has 1 aromatic rings. The molecule has 1 aromatic heterocycles. The number of nitrogens with one attached hydrogen (secondary N) is 1. The number of rotatable bonds is 5. The molecule has 0 aromatic carbocycles. The van der Waals surface area contributed by atoms with E-state index in [4.69, 9.17) is 0 Å². The smallest absolute Gasteiger partial charge is 0.338 e. The van der Waals surface area contributed by atoms with Gasteiger partial charge in [-0.05, 0) is 25.3 Å². The molecule has 2 N–H and O–H groups in total. The van der Waals surface area contributed by atoms with Crippen LogP contribution >= 0.6 is 11.3 Å². The maximum Gasteiger partial charge on any atom is 0.338 e. The average molecular weight is 298 g/mol. The van der Waals surface area contributed by atoms with Crippen LogP contribution in [0.25, 0.3) is 0 Å². The van der Waals surface area contributed by atoms with E-state index in [1.165, 1.54) is 11.3 Å². The molecule has 5 nitrogen and oxygen atoms in total. The van der Waals surface area contributed by atoms with E-state index in [9.17, 15) is 14.7 Å².